The zero-order chi connectivity index (χ0) is 17.0. The molecule has 2 aromatic carbocycles. The normalized spacial score (nSPS) is 24.5. The molecule has 1 saturated heterocycles. The van der Waals surface area contributed by atoms with Crippen LogP contribution in [-0.4, -0.2) is 24.2 Å². The predicted molar refractivity (Wildman–Crippen MR) is 95.0 cm³/mol. The van der Waals surface area contributed by atoms with Crippen LogP contribution >= 0.6 is 0 Å². The van der Waals surface area contributed by atoms with Crippen LogP contribution in [0.3, 0.4) is 0 Å². The van der Waals surface area contributed by atoms with Crippen molar-refractivity contribution in [3.8, 4) is 17.2 Å². The number of nitriles is 1. The van der Waals surface area contributed by atoms with Crippen LogP contribution in [-0.2, 0) is 6.54 Å². The summed E-state index contributed by atoms with van der Waals surface area (Å²) in [6, 6.07) is 20.9. The maximum atomic E-state index is 14.5. The molecule has 0 aromatic heterocycles. The number of nitrogens with zero attached hydrogens (tertiary/aromatic N) is 2. The molecule has 0 aliphatic carbocycles. The molecular formula is C21H23FN2. The van der Waals surface area contributed by atoms with E-state index in [1.165, 1.54) is 16.7 Å². The Labute approximate surface area is 143 Å². The fourth-order valence-electron chi connectivity index (χ4n) is 3.32. The number of rotatable bonds is 4. The van der Waals surface area contributed by atoms with Crippen molar-refractivity contribution in [1.82, 2.24) is 4.90 Å². The first kappa shape index (κ1) is 16.7. The second-order valence-electron chi connectivity index (χ2n) is 7.00. The van der Waals surface area contributed by atoms with Crippen LogP contribution in [0, 0.1) is 16.7 Å². The summed E-state index contributed by atoms with van der Waals surface area (Å²) in [5, 5.41) is 8.89. The minimum atomic E-state index is -0.936. The highest BCUT2D eigenvalue weighted by molar-refractivity contribution is 5.63. The second kappa shape index (κ2) is 7.15. The fourth-order valence-corrected chi connectivity index (χ4v) is 3.32. The Bertz CT molecular complexity index is 705. The average Bonchev–Trinajstić information content (AvgIpc) is 2.60. The maximum Gasteiger partial charge on any atom is 0.119 e. The Morgan fingerprint density at radius 2 is 1.79 bits per heavy atom. The van der Waals surface area contributed by atoms with Crippen molar-refractivity contribution in [2.75, 3.05) is 13.1 Å². The van der Waals surface area contributed by atoms with E-state index in [-0.39, 0.29) is 0 Å². The maximum absolute atomic E-state index is 14.5. The van der Waals surface area contributed by atoms with E-state index in [1.54, 1.807) is 0 Å². The Balaban J connectivity index is 1.62. The zero-order valence-electron chi connectivity index (χ0n) is 14.1. The lowest BCUT2D eigenvalue weighted by atomic mass is 9.76. The first-order chi connectivity index (χ1) is 11.6. The molecule has 1 heterocycles. The molecule has 2 aromatic rings. The zero-order valence-corrected chi connectivity index (χ0v) is 14.1. The second-order valence-corrected chi connectivity index (χ2v) is 7.00. The van der Waals surface area contributed by atoms with Gasteiger partial charge in [-0.25, -0.2) is 4.39 Å². The predicted octanol–water partition coefficient (Wildman–Crippen LogP) is 4.82. The number of alkyl halides is 1. The van der Waals surface area contributed by atoms with Crippen LogP contribution in [0.5, 0.6) is 0 Å². The molecule has 0 amide bonds. The average molecular weight is 322 g/mol. The summed E-state index contributed by atoms with van der Waals surface area (Å²) in [7, 11) is 0. The summed E-state index contributed by atoms with van der Waals surface area (Å²) < 4.78 is 14.5. The summed E-state index contributed by atoms with van der Waals surface area (Å²) in [5.74, 6) is 0. The highest BCUT2D eigenvalue weighted by atomic mass is 19.1. The molecule has 2 unspecified atom stereocenters. The molecule has 3 heteroatoms. The molecule has 2 atom stereocenters. The third kappa shape index (κ3) is 3.66. The van der Waals surface area contributed by atoms with Crippen molar-refractivity contribution in [3.63, 3.8) is 0 Å². The smallest absolute Gasteiger partial charge is 0.119 e. The Kier molecular flexibility index (Phi) is 4.97. The lowest BCUT2D eigenvalue weighted by molar-refractivity contribution is 0.0186. The lowest BCUT2D eigenvalue weighted by Gasteiger charge is -2.41. The van der Waals surface area contributed by atoms with E-state index in [2.05, 4.69) is 47.4 Å². The third-order valence-electron chi connectivity index (χ3n) is 5.12. The number of piperidine rings is 1. The monoisotopic (exact) mass is 322 g/mol. The van der Waals surface area contributed by atoms with Crippen LogP contribution in [0.4, 0.5) is 4.39 Å². The summed E-state index contributed by atoms with van der Waals surface area (Å²) in [5.41, 5.74) is 3.12. The van der Waals surface area contributed by atoms with Gasteiger partial charge in [0.15, 0.2) is 0 Å². The molecule has 1 fully saturated rings. The van der Waals surface area contributed by atoms with Crippen molar-refractivity contribution in [2.24, 2.45) is 5.41 Å². The van der Waals surface area contributed by atoms with E-state index < -0.39 is 11.6 Å². The van der Waals surface area contributed by atoms with E-state index >= 15 is 0 Å². The van der Waals surface area contributed by atoms with Gasteiger partial charge in [0, 0.05) is 24.9 Å². The Hall–Kier alpha value is -2.18. The Morgan fingerprint density at radius 3 is 2.42 bits per heavy atom. The van der Waals surface area contributed by atoms with Gasteiger partial charge in [-0.3, -0.25) is 4.90 Å². The van der Waals surface area contributed by atoms with E-state index in [4.69, 9.17) is 5.26 Å². The van der Waals surface area contributed by atoms with Gasteiger partial charge in [-0.2, -0.15) is 5.26 Å². The van der Waals surface area contributed by atoms with Gasteiger partial charge in [-0.15, -0.1) is 0 Å². The topological polar surface area (TPSA) is 27.0 Å². The quantitative estimate of drug-likeness (QED) is 0.807. The van der Waals surface area contributed by atoms with E-state index in [1.807, 2.05) is 25.1 Å². The van der Waals surface area contributed by atoms with Crippen molar-refractivity contribution < 1.29 is 4.39 Å². The van der Waals surface area contributed by atoms with Gasteiger partial charge < -0.3 is 0 Å². The van der Waals surface area contributed by atoms with Gasteiger partial charge >= 0.3 is 0 Å². The molecular weight excluding hydrogens is 299 g/mol. The van der Waals surface area contributed by atoms with Gasteiger partial charge in [0.25, 0.3) is 0 Å². The van der Waals surface area contributed by atoms with Crippen molar-refractivity contribution in [1.29, 1.82) is 5.26 Å². The van der Waals surface area contributed by atoms with Gasteiger partial charge in [-0.1, -0.05) is 61.5 Å². The van der Waals surface area contributed by atoms with Crippen molar-refractivity contribution in [3.05, 3.63) is 60.2 Å². The molecule has 0 spiro atoms. The van der Waals surface area contributed by atoms with E-state index in [0.717, 1.165) is 19.5 Å². The first-order valence-electron chi connectivity index (χ1n) is 8.48. The molecule has 24 heavy (non-hydrogen) atoms. The molecule has 0 N–H and O–H groups in total. The summed E-state index contributed by atoms with van der Waals surface area (Å²) in [6.07, 6.45) is 0.104. The number of likely N-dealkylation sites (tertiary alicyclic amines) is 1. The minimum Gasteiger partial charge on any atom is -0.296 e. The lowest BCUT2D eigenvalue weighted by Crippen LogP contribution is -2.47. The first-order valence-corrected chi connectivity index (χ1v) is 8.48. The summed E-state index contributed by atoms with van der Waals surface area (Å²) in [6.45, 7) is 3.92. The molecule has 2 nitrogen and oxygen atoms in total. The van der Waals surface area contributed by atoms with Gasteiger partial charge in [0.2, 0.25) is 0 Å². The van der Waals surface area contributed by atoms with Crippen LogP contribution in [0.15, 0.2) is 54.6 Å². The number of hydrogen-bond acceptors (Lipinski definition) is 2. The van der Waals surface area contributed by atoms with Crippen LogP contribution in [0.25, 0.3) is 11.1 Å². The minimum absolute atomic E-state index is 0.299. The third-order valence-corrected chi connectivity index (χ3v) is 5.12. The van der Waals surface area contributed by atoms with Gasteiger partial charge in [-0.05, 0) is 29.7 Å². The molecule has 124 valence electrons. The van der Waals surface area contributed by atoms with Crippen LogP contribution in [0.2, 0.25) is 0 Å². The summed E-state index contributed by atoms with van der Waals surface area (Å²) in [4.78, 5) is 2.15. The fraction of sp³-hybridized carbons (Fsp3) is 0.381. The molecule has 0 saturated carbocycles. The van der Waals surface area contributed by atoms with Crippen molar-refractivity contribution in [2.45, 2.75) is 32.5 Å². The van der Waals surface area contributed by atoms with Gasteiger partial charge in [0.05, 0.1) is 6.07 Å². The molecule has 1 aliphatic rings. The standard InChI is InChI=1S/C21H23FN2/c1-21(11-13-23)12-14-24(16-20(21)22)15-17-7-9-19(10-8-17)18-5-3-2-4-6-18/h2-10,20H,11-12,14-16H2,1H3. The summed E-state index contributed by atoms with van der Waals surface area (Å²) >= 11 is 0. The van der Waals surface area contributed by atoms with Gasteiger partial charge in [0.1, 0.15) is 6.17 Å². The van der Waals surface area contributed by atoms with Crippen LogP contribution < -0.4 is 0 Å². The number of benzene rings is 2. The highest BCUT2D eigenvalue weighted by Crippen LogP contribution is 2.36. The largest absolute Gasteiger partial charge is 0.296 e. The number of halogens is 1. The highest BCUT2D eigenvalue weighted by Gasteiger charge is 2.39. The Morgan fingerprint density at radius 1 is 1.12 bits per heavy atom. The SMILES string of the molecule is CC1(CC#N)CCN(Cc2ccc(-c3ccccc3)cc2)CC1F. The van der Waals surface area contributed by atoms with E-state index in [0.29, 0.717) is 13.0 Å². The van der Waals surface area contributed by atoms with E-state index in [9.17, 15) is 4.39 Å². The molecule has 1 aliphatic heterocycles. The van der Waals surface area contributed by atoms with Crippen LogP contribution in [0.1, 0.15) is 25.3 Å². The molecule has 3 rings (SSSR count). The molecule has 0 bridgehead atoms. The van der Waals surface area contributed by atoms with Crippen molar-refractivity contribution >= 4 is 0 Å². The number of hydrogen-bond donors (Lipinski definition) is 0. The molecule has 0 radical (unpaired) electrons.